The fourth-order valence-corrected chi connectivity index (χ4v) is 3.40. The average Bonchev–Trinajstić information content (AvgIpc) is 2.89. The Kier molecular flexibility index (Phi) is 11.4. The molecule has 0 amide bonds. The summed E-state index contributed by atoms with van der Waals surface area (Å²) >= 11 is 0. The fourth-order valence-electron chi connectivity index (χ4n) is 3.40. The fraction of sp³-hybridized carbons (Fsp3) is 0.333. The van der Waals surface area contributed by atoms with Gasteiger partial charge in [-0.05, 0) is 35.2 Å². The molecule has 2 aromatic carbocycles. The van der Waals surface area contributed by atoms with E-state index in [1.807, 2.05) is 70.2 Å². The Morgan fingerprint density at radius 3 is 2.22 bits per heavy atom. The van der Waals surface area contributed by atoms with Crippen LogP contribution in [0.5, 0.6) is 0 Å². The molecule has 3 rings (SSSR count). The van der Waals surface area contributed by atoms with Crippen LogP contribution in [0.3, 0.4) is 0 Å². The van der Waals surface area contributed by atoms with Crippen LogP contribution in [0, 0.1) is 11.3 Å². The Balaban J connectivity index is 0.00000154. The lowest BCUT2D eigenvalue weighted by Gasteiger charge is -2.30. The van der Waals surface area contributed by atoms with Crippen LogP contribution in [-0.4, -0.2) is 26.9 Å². The van der Waals surface area contributed by atoms with Crippen molar-refractivity contribution >= 4 is 10.9 Å². The van der Waals surface area contributed by atoms with Crippen LogP contribution in [0.1, 0.15) is 52.3 Å². The third-order valence-corrected chi connectivity index (χ3v) is 5.20. The maximum Gasteiger partial charge on any atom is 0.422 e. The standard InChI is InChI=1S/C23H22F3N5O.2C2H6/c1-2-22(32,23(24,25)26)21(28)14-31(29)13-15-8-9-18-19(16-6-4-3-5-7-16)11-17(12-27)30-20(18)10-15;2*1-2/h3-11,14,32H,2,13,28-29H2,1H3;2*1-2H3/b21-14-;;. The van der Waals surface area contributed by atoms with Crippen molar-refractivity contribution in [3.8, 4) is 17.2 Å². The van der Waals surface area contributed by atoms with E-state index in [0.29, 0.717) is 11.1 Å². The van der Waals surface area contributed by atoms with Crippen LogP contribution in [0.25, 0.3) is 22.0 Å². The number of fused-ring (bicyclic) bond motifs is 1. The molecule has 6 nitrogen and oxygen atoms in total. The molecule has 1 heterocycles. The summed E-state index contributed by atoms with van der Waals surface area (Å²) < 4.78 is 39.6. The quantitative estimate of drug-likeness (QED) is 0.282. The molecule has 0 spiro atoms. The Hall–Kier alpha value is -3.61. The average molecular weight is 502 g/mol. The topological polar surface area (TPSA) is 112 Å². The highest BCUT2D eigenvalue weighted by molar-refractivity contribution is 5.95. The number of hydrogen-bond donors (Lipinski definition) is 3. The van der Waals surface area contributed by atoms with Gasteiger partial charge in [0.25, 0.3) is 0 Å². The Morgan fingerprint density at radius 2 is 1.69 bits per heavy atom. The molecule has 194 valence electrons. The second-order valence-corrected chi connectivity index (χ2v) is 7.35. The molecule has 0 aliphatic carbocycles. The molecule has 0 fully saturated rings. The van der Waals surface area contributed by atoms with Crippen LogP contribution in [-0.2, 0) is 6.54 Å². The van der Waals surface area contributed by atoms with Crippen molar-refractivity contribution in [2.75, 3.05) is 0 Å². The molecule has 9 heteroatoms. The van der Waals surface area contributed by atoms with E-state index in [1.165, 1.54) is 6.92 Å². The largest absolute Gasteiger partial charge is 0.422 e. The Labute approximate surface area is 210 Å². The van der Waals surface area contributed by atoms with Crippen LogP contribution in [0.15, 0.2) is 66.5 Å². The normalized spacial score (nSPS) is 12.9. The van der Waals surface area contributed by atoms with E-state index >= 15 is 0 Å². The summed E-state index contributed by atoms with van der Waals surface area (Å²) in [6, 6.07) is 18.6. The molecule has 0 saturated carbocycles. The van der Waals surface area contributed by atoms with Gasteiger partial charge in [-0.3, -0.25) is 0 Å². The maximum atomic E-state index is 13.2. The summed E-state index contributed by atoms with van der Waals surface area (Å²) in [4.78, 5) is 4.34. The number of benzene rings is 2. The van der Waals surface area contributed by atoms with Crippen molar-refractivity contribution in [3.05, 3.63) is 77.8 Å². The van der Waals surface area contributed by atoms with E-state index in [0.717, 1.165) is 27.7 Å². The van der Waals surface area contributed by atoms with Crippen molar-refractivity contribution in [2.24, 2.45) is 11.6 Å². The minimum Gasteiger partial charge on any atom is -0.398 e. The zero-order valence-corrected chi connectivity index (χ0v) is 21.3. The van der Waals surface area contributed by atoms with Crippen molar-refractivity contribution in [2.45, 2.75) is 59.4 Å². The van der Waals surface area contributed by atoms with Crippen LogP contribution < -0.4 is 11.6 Å². The van der Waals surface area contributed by atoms with Gasteiger partial charge in [0, 0.05) is 11.6 Å². The number of hydrazine groups is 1. The summed E-state index contributed by atoms with van der Waals surface area (Å²) in [6.45, 7) is 9.19. The lowest BCUT2D eigenvalue weighted by molar-refractivity contribution is -0.245. The van der Waals surface area contributed by atoms with Gasteiger partial charge >= 0.3 is 6.18 Å². The first-order valence-electron chi connectivity index (χ1n) is 11.8. The van der Waals surface area contributed by atoms with Crippen LogP contribution >= 0.6 is 0 Å². The van der Waals surface area contributed by atoms with Gasteiger partial charge in [0.2, 0.25) is 5.60 Å². The van der Waals surface area contributed by atoms with E-state index in [2.05, 4.69) is 4.98 Å². The zero-order chi connectivity index (χ0) is 27.5. The van der Waals surface area contributed by atoms with Crippen LogP contribution in [0.2, 0.25) is 0 Å². The number of nitriles is 1. The van der Waals surface area contributed by atoms with Gasteiger partial charge in [-0.15, -0.1) is 0 Å². The summed E-state index contributed by atoms with van der Waals surface area (Å²) in [5.41, 5.74) is 4.75. The third kappa shape index (κ3) is 6.97. The molecule has 1 unspecified atom stereocenters. The minimum absolute atomic E-state index is 0.00736. The molecule has 0 aliphatic heterocycles. The summed E-state index contributed by atoms with van der Waals surface area (Å²) in [7, 11) is 0. The number of aliphatic hydroxyl groups is 1. The number of hydrogen-bond acceptors (Lipinski definition) is 6. The molecular weight excluding hydrogens is 467 g/mol. The number of pyridine rings is 1. The predicted molar refractivity (Wildman–Crippen MR) is 138 cm³/mol. The highest BCUT2D eigenvalue weighted by atomic mass is 19.4. The molecular formula is C27H34F3N5O. The summed E-state index contributed by atoms with van der Waals surface area (Å²) in [5, 5.41) is 21.1. The van der Waals surface area contributed by atoms with Crippen molar-refractivity contribution in [3.63, 3.8) is 0 Å². The van der Waals surface area contributed by atoms with E-state index in [9.17, 15) is 23.5 Å². The lowest BCUT2D eigenvalue weighted by atomic mass is 9.96. The molecule has 5 N–H and O–H groups in total. The van der Waals surface area contributed by atoms with Gasteiger partial charge in [-0.1, -0.05) is 77.1 Å². The van der Waals surface area contributed by atoms with Crippen molar-refractivity contribution in [1.82, 2.24) is 9.99 Å². The van der Waals surface area contributed by atoms with Crippen molar-refractivity contribution in [1.29, 1.82) is 5.26 Å². The second-order valence-electron chi connectivity index (χ2n) is 7.35. The zero-order valence-electron chi connectivity index (χ0n) is 21.3. The van der Waals surface area contributed by atoms with Gasteiger partial charge in [0.15, 0.2) is 0 Å². The lowest BCUT2D eigenvalue weighted by Crippen LogP contribution is -2.49. The van der Waals surface area contributed by atoms with Crippen molar-refractivity contribution < 1.29 is 18.3 Å². The van der Waals surface area contributed by atoms with E-state index in [-0.39, 0.29) is 12.2 Å². The van der Waals surface area contributed by atoms with E-state index in [4.69, 9.17) is 11.6 Å². The number of nitrogens with two attached hydrogens (primary N) is 2. The molecule has 36 heavy (non-hydrogen) atoms. The Morgan fingerprint density at radius 1 is 1.08 bits per heavy atom. The monoisotopic (exact) mass is 501 g/mol. The number of halogens is 3. The smallest absolute Gasteiger partial charge is 0.398 e. The van der Waals surface area contributed by atoms with Crippen LogP contribution in [0.4, 0.5) is 13.2 Å². The van der Waals surface area contributed by atoms with Gasteiger partial charge in [0.1, 0.15) is 11.8 Å². The third-order valence-electron chi connectivity index (χ3n) is 5.20. The van der Waals surface area contributed by atoms with Gasteiger partial charge in [-0.2, -0.15) is 18.4 Å². The highest BCUT2D eigenvalue weighted by Crippen LogP contribution is 2.37. The number of rotatable bonds is 6. The molecule has 0 aliphatic rings. The SMILES string of the molecule is CC.CC.CCC(O)(/C(N)=C/N(N)Cc1ccc2c(-c3ccccc3)cc(C#N)nc2c1)C(F)(F)F. The predicted octanol–water partition coefficient (Wildman–Crippen LogP) is 6.01. The molecule has 1 atom stereocenters. The first-order chi connectivity index (χ1) is 17.1. The first-order valence-corrected chi connectivity index (χ1v) is 11.8. The molecule has 3 aromatic rings. The van der Waals surface area contributed by atoms with Gasteiger partial charge < -0.3 is 15.8 Å². The second kappa shape index (κ2) is 13.5. The minimum atomic E-state index is -4.93. The van der Waals surface area contributed by atoms with Gasteiger partial charge in [-0.25, -0.2) is 10.8 Å². The molecule has 0 bridgehead atoms. The van der Waals surface area contributed by atoms with E-state index < -0.39 is 23.9 Å². The Bertz CT molecular complexity index is 1190. The maximum absolute atomic E-state index is 13.2. The number of aromatic nitrogens is 1. The van der Waals surface area contributed by atoms with Gasteiger partial charge in [0.05, 0.1) is 17.8 Å². The molecule has 0 saturated heterocycles. The summed E-state index contributed by atoms with van der Waals surface area (Å²) in [6.07, 6.45) is -4.71. The molecule has 0 radical (unpaired) electrons. The molecule has 1 aromatic heterocycles. The number of nitrogens with zero attached hydrogens (tertiary/aromatic N) is 3. The first kappa shape index (κ1) is 30.4. The highest BCUT2D eigenvalue weighted by Gasteiger charge is 2.54. The summed E-state index contributed by atoms with van der Waals surface area (Å²) in [5.74, 6) is 5.85. The van der Waals surface area contributed by atoms with E-state index in [1.54, 1.807) is 18.2 Å². The number of alkyl halides is 3.